The van der Waals surface area contributed by atoms with Gasteiger partial charge in [0.05, 0.1) is 11.6 Å². The zero-order valence-corrected chi connectivity index (χ0v) is 23.0. The lowest BCUT2D eigenvalue weighted by atomic mass is 9.96. The molecular formula is C30H37F3N4O2. The van der Waals surface area contributed by atoms with Crippen LogP contribution >= 0.6 is 0 Å². The number of fused-ring (bicyclic) bond motifs is 3. The number of halogens is 3. The molecule has 9 heteroatoms. The molecule has 1 aromatic carbocycles. The first kappa shape index (κ1) is 28.8. The van der Waals surface area contributed by atoms with Crippen LogP contribution in [0.25, 0.3) is 32.9 Å². The monoisotopic (exact) mass is 542 g/mol. The molecule has 2 aliphatic rings. The number of benzene rings is 1. The van der Waals surface area contributed by atoms with Crippen molar-refractivity contribution in [3.05, 3.63) is 54.5 Å². The van der Waals surface area contributed by atoms with E-state index in [0.717, 1.165) is 60.2 Å². The smallest absolute Gasteiger partial charge is 0.421 e. The minimum atomic E-state index is -4.53. The van der Waals surface area contributed by atoms with E-state index in [4.69, 9.17) is 9.47 Å². The van der Waals surface area contributed by atoms with E-state index in [1.807, 2.05) is 49.7 Å². The van der Waals surface area contributed by atoms with Crippen LogP contribution in [-0.4, -0.2) is 46.9 Å². The molecular weight excluding hydrogens is 505 g/mol. The first-order chi connectivity index (χ1) is 18.8. The number of alkyl halides is 3. The molecule has 2 fully saturated rings. The second-order valence-electron chi connectivity index (χ2n) is 9.61. The highest BCUT2D eigenvalue weighted by molar-refractivity contribution is 6.08. The van der Waals surface area contributed by atoms with Gasteiger partial charge in [-0.1, -0.05) is 26.0 Å². The molecule has 1 saturated heterocycles. The molecule has 6 nitrogen and oxygen atoms in total. The first-order valence-electron chi connectivity index (χ1n) is 13.6. The van der Waals surface area contributed by atoms with E-state index in [1.165, 1.54) is 19.0 Å². The summed E-state index contributed by atoms with van der Waals surface area (Å²) in [6, 6.07) is 8.68. The number of rotatable bonds is 4. The third-order valence-corrected chi connectivity index (χ3v) is 7.25. The van der Waals surface area contributed by atoms with E-state index in [1.54, 1.807) is 19.5 Å². The van der Waals surface area contributed by atoms with Gasteiger partial charge >= 0.3 is 6.18 Å². The average Bonchev–Trinajstić information content (AvgIpc) is 3.23. The van der Waals surface area contributed by atoms with E-state index < -0.39 is 11.7 Å². The van der Waals surface area contributed by atoms with E-state index >= 15 is 0 Å². The number of hydrogen-bond acceptors (Lipinski definition) is 5. The Morgan fingerprint density at radius 1 is 0.897 bits per heavy atom. The van der Waals surface area contributed by atoms with Crippen LogP contribution in [0.4, 0.5) is 13.2 Å². The molecule has 0 atom stereocenters. The number of piperidine rings is 1. The maximum atomic E-state index is 13.6. The molecule has 39 heavy (non-hydrogen) atoms. The molecule has 0 amide bonds. The molecule has 0 radical (unpaired) electrons. The number of nitrogens with zero attached hydrogens (tertiary/aromatic N) is 3. The van der Waals surface area contributed by atoms with Gasteiger partial charge in [0.1, 0.15) is 11.7 Å². The molecule has 4 heterocycles. The topological polar surface area (TPSA) is 61.2 Å². The van der Waals surface area contributed by atoms with Gasteiger partial charge in [0.25, 0.3) is 0 Å². The lowest BCUT2D eigenvalue weighted by Crippen LogP contribution is -2.31. The SMILES string of the molecule is CC.COC1CCNCC1.Cn1c2ccncc2c2ccc(-c3cnc(OC4CCC4)c(C(F)(F)F)c3)cc21. The third-order valence-electron chi connectivity index (χ3n) is 7.25. The molecule has 6 rings (SSSR count). The Labute approximate surface area is 227 Å². The largest absolute Gasteiger partial charge is 0.474 e. The van der Waals surface area contributed by atoms with E-state index in [0.29, 0.717) is 17.2 Å². The number of hydrogen-bond donors (Lipinski definition) is 1. The molecule has 3 aromatic heterocycles. The Hall–Kier alpha value is -3.17. The molecule has 0 bridgehead atoms. The normalized spacial score (nSPS) is 16.2. The lowest BCUT2D eigenvalue weighted by molar-refractivity contribution is -0.139. The van der Waals surface area contributed by atoms with Gasteiger partial charge in [0.2, 0.25) is 5.88 Å². The Balaban J connectivity index is 0.000000301. The van der Waals surface area contributed by atoms with Crippen LogP contribution in [-0.2, 0) is 18.0 Å². The summed E-state index contributed by atoms with van der Waals surface area (Å²) in [4.78, 5) is 8.21. The standard InChI is InChI=1S/C22H18F3N3O.C6H13NO.C2H6/c1-28-19-7-8-26-12-17(19)16-6-5-13(10-20(16)28)14-9-18(22(23,24)25)21(27-11-14)29-15-3-2-4-15;1-8-6-2-4-7-5-3-6;1-2/h5-12,15H,2-4H2,1H3;6-7H,2-5H2,1H3;1-2H3. The Bertz CT molecular complexity index is 1380. The summed E-state index contributed by atoms with van der Waals surface area (Å²) in [6.45, 7) is 6.25. The highest BCUT2D eigenvalue weighted by Gasteiger charge is 2.37. The molecule has 0 unspecified atom stereocenters. The number of aromatic nitrogens is 3. The van der Waals surface area contributed by atoms with Crippen LogP contribution in [0.2, 0.25) is 0 Å². The van der Waals surface area contributed by atoms with Gasteiger partial charge in [-0.2, -0.15) is 13.2 Å². The Morgan fingerprint density at radius 3 is 2.26 bits per heavy atom. The molecule has 1 aliphatic heterocycles. The van der Waals surface area contributed by atoms with Crippen LogP contribution in [0.5, 0.6) is 5.88 Å². The van der Waals surface area contributed by atoms with E-state index in [-0.39, 0.29) is 12.0 Å². The van der Waals surface area contributed by atoms with Crippen LogP contribution < -0.4 is 10.1 Å². The summed E-state index contributed by atoms with van der Waals surface area (Å²) in [5.74, 6) is -0.331. The summed E-state index contributed by atoms with van der Waals surface area (Å²) in [5.41, 5.74) is 2.19. The summed E-state index contributed by atoms with van der Waals surface area (Å²) in [5, 5.41) is 5.29. The van der Waals surface area contributed by atoms with Crippen molar-refractivity contribution in [1.82, 2.24) is 19.9 Å². The average molecular weight is 543 g/mol. The minimum Gasteiger partial charge on any atom is -0.474 e. The van der Waals surface area contributed by atoms with Gasteiger partial charge in [-0.05, 0) is 69.0 Å². The number of aryl methyl sites for hydroxylation is 1. The van der Waals surface area contributed by atoms with Crippen LogP contribution in [0.3, 0.4) is 0 Å². The van der Waals surface area contributed by atoms with Crippen molar-refractivity contribution in [2.45, 2.75) is 64.3 Å². The second kappa shape index (κ2) is 12.8. The molecule has 1 N–H and O–H groups in total. The van der Waals surface area contributed by atoms with Crippen molar-refractivity contribution in [1.29, 1.82) is 0 Å². The highest BCUT2D eigenvalue weighted by atomic mass is 19.4. The molecule has 210 valence electrons. The quantitative estimate of drug-likeness (QED) is 0.297. The third kappa shape index (κ3) is 6.53. The number of methoxy groups -OCH3 is 1. The van der Waals surface area contributed by atoms with Gasteiger partial charge in [-0.15, -0.1) is 0 Å². The van der Waals surface area contributed by atoms with Crippen LogP contribution in [0.15, 0.2) is 48.9 Å². The molecule has 0 spiro atoms. The fourth-order valence-electron chi connectivity index (χ4n) is 4.82. The summed E-state index contributed by atoms with van der Waals surface area (Å²) in [7, 11) is 3.72. The first-order valence-corrected chi connectivity index (χ1v) is 13.6. The predicted molar refractivity (Wildman–Crippen MR) is 149 cm³/mol. The fraction of sp³-hybridized carbons (Fsp3) is 0.467. The van der Waals surface area contributed by atoms with Crippen LogP contribution in [0, 0.1) is 0 Å². The predicted octanol–water partition coefficient (Wildman–Crippen LogP) is 7.15. The molecule has 1 saturated carbocycles. The number of ether oxygens (including phenoxy) is 2. The van der Waals surface area contributed by atoms with Crippen molar-refractivity contribution in [3.63, 3.8) is 0 Å². The maximum Gasteiger partial charge on any atom is 0.421 e. The van der Waals surface area contributed by atoms with Gasteiger partial charge in [-0.3, -0.25) is 4.98 Å². The number of nitrogens with one attached hydrogen (secondary N) is 1. The maximum absolute atomic E-state index is 13.6. The van der Waals surface area contributed by atoms with Gasteiger partial charge < -0.3 is 19.4 Å². The Morgan fingerprint density at radius 2 is 1.64 bits per heavy atom. The number of pyridine rings is 2. The van der Waals surface area contributed by atoms with Crippen molar-refractivity contribution < 1.29 is 22.6 Å². The highest BCUT2D eigenvalue weighted by Crippen LogP contribution is 2.40. The summed E-state index contributed by atoms with van der Waals surface area (Å²) >= 11 is 0. The van der Waals surface area contributed by atoms with Gasteiger partial charge in [0, 0.05) is 54.6 Å². The molecule has 4 aromatic rings. The van der Waals surface area contributed by atoms with E-state index in [2.05, 4.69) is 15.3 Å². The summed E-state index contributed by atoms with van der Waals surface area (Å²) < 4.78 is 53.6. The summed E-state index contributed by atoms with van der Waals surface area (Å²) in [6.07, 6.45) is 5.67. The van der Waals surface area contributed by atoms with Gasteiger partial charge in [0.15, 0.2) is 0 Å². The molecule has 1 aliphatic carbocycles. The van der Waals surface area contributed by atoms with Gasteiger partial charge in [-0.25, -0.2) is 4.98 Å². The minimum absolute atomic E-state index is 0.171. The zero-order valence-electron chi connectivity index (χ0n) is 23.0. The van der Waals surface area contributed by atoms with Crippen molar-refractivity contribution >= 4 is 21.8 Å². The Kier molecular flexibility index (Phi) is 9.45. The van der Waals surface area contributed by atoms with Crippen molar-refractivity contribution in [2.75, 3.05) is 20.2 Å². The fourth-order valence-corrected chi connectivity index (χ4v) is 4.82. The van der Waals surface area contributed by atoms with E-state index in [9.17, 15) is 13.2 Å². The second-order valence-corrected chi connectivity index (χ2v) is 9.61. The van der Waals surface area contributed by atoms with Crippen LogP contribution in [0.1, 0.15) is 51.5 Å². The van der Waals surface area contributed by atoms with Crippen molar-refractivity contribution in [3.8, 4) is 17.0 Å². The zero-order chi connectivity index (χ0) is 28.0. The lowest BCUT2D eigenvalue weighted by Gasteiger charge is -2.27. The van der Waals surface area contributed by atoms with Crippen molar-refractivity contribution in [2.24, 2.45) is 7.05 Å².